The lowest BCUT2D eigenvalue weighted by Gasteiger charge is -2.34. The van der Waals surface area contributed by atoms with Gasteiger partial charge in [0.25, 0.3) is 5.91 Å². The van der Waals surface area contributed by atoms with Crippen LogP contribution in [-0.4, -0.2) is 48.7 Å². The third-order valence-electron chi connectivity index (χ3n) is 4.94. The van der Waals surface area contributed by atoms with Gasteiger partial charge in [0.2, 0.25) is 10.0 Å². The first kappa shape index (κ1) is 24.1. The van der Waals surface area contributed by atoms with E-state index in [1.165, 1.54) is 11.4 Å². The number of amides is 1. The van der Waals surface area contributed by atoms with Gasteiger partial charge in [-0.1, -0.05) is 22.6 Å². The number of nitrogens with zero attached hydrogens (tertiary/aromatic N) is 1. The highest BCUT2D eigenvalue weighted by molar-refractivity contribution is 14.1. The SMILES string of the molecule is COC(=CC1CCN(S(=O)(=O)c2ccc(OC(F)(F)F)cc2)C(I)C1)C(=O)NC1CC1. The van der Waals surface area contributed by atoms with Crippen LogP contribution in [0, 0.1) is 5.92 Å². The normalized spacial score (nSPS) is 23.3. The minimum atomic E-state index is -4.85. The number of carbonyl (C=O) groups excluding carboxylic acids is 1. The molecule has 1 aliphatic heterocycles. The van der Waals surface area contributed by atoms with Gasteiger partial charge in [0.15, 0.2) is 5.76 Å². The predicted octanol–water partition coefficient (Wildman–Crippen LogP) is 3.56. The van der Waals surface area contributed by atoms with Crippen molar-refractivity contribution in [2.45, 2.75) is 47.0 Å². The summed E-state index contributed by atoms with van der Waals surface area (Å²) in [4.78, 5) is 12.1. The minimum absolute atomic E-state index is 0.0455. The number of halogens is 4. The molecule has 172 valence electrons. The monoisotopic (exact) mass is 574 g/mol. The van der Waals surface area contributed by atoms with Crippen LogP contribution < -0.4 is 10.1 Å². The number of sulfonamides is 1. The molecule has 1 saturated heterocycles. The van der Waals surface area contributed by atoms with Crippen molar-refractivity contribution in [1.29, 1.82) is 0 Å². The molecule has 1 aromatic rings. The second kappa shape index (κ2) is 9.53. The van der Waals surface area contributed by atoms with Gasteiger partial charge in [-0.2, -0.15) is 4.31 Å². The number of piperidine rings is 1. The molecule has 2 fully saturated rings. The second-order valence-corrected chi connectivity index (χ2v) is 10.7. The third kappa shape index (κ3) is 6.48. The maximum atomic E-state index is 13.0. The van der Waals surface area contributed by atoms with E-state index in [1.807, 2.05) is 22.6 Å². The molecule has 1 heterocycles. The zero-order valence-corrected chi connectivity index (χ0v) is 19.5. The molecular weight excluding hydrogens is 552 g/mol. The van der Waals surface area contributed by atoms with Gasteiger partial charge < -0.3 is 14.8 Å². The first-order valence-corrected chi connectivity index (χ1v) is 12.3. The summed E-state index contributed by atoms with van der Waals surface area (Å²) in [7, 11) is -2.47. The van der Waals surface area contributed by atoms with Gasteiger partial charge in [0, 0.05) is 12.6 Å². The molecule has 1 amide bonds. The van der Waals surface area contributed by atoms with E-state index in [0.717, 1.165) is 37.1 Å². The topological polar surface area (TPSA) is 84.9 Å². The van der Waals surface area contributed by atoms with Crippen molar-refractivity contribution in [2.75, 3.05) is 13.7 Å². The molecule has 7 nitrogen and oxygen atoms in total. The number of hydrogen-bond donors (Lipinski definition) is 1. The lowest BCUT2D eigenvalue weighted by molar-refractivity contribution is -0.274. The molecule has 0 aromatic heterocycles. The number of alkyl halides is 4. The van der Waals surface area contributed by atoms with Crippen LogP contribution >= 0.6 is 22.6 Å². The molecule has 3 rings (SSSR count). The van der Waals surface area contributed by atoms with E-state index in [9.17, 15) is 26.4 Å². The maximum Gasteiger partial charge on any atom is 0.573 e. The lowest BCUT2D eigenvalue weighted by Crippen LogP contribution is -2.42. The van der Waals surface area contributed by atoms with Gasteiger partial charge in [-0.05, 0) is 61.9 Å². The molecular formula is C19H22F3IN2O5S. The highest BCUT2D eigenvalue weighted by Crippen LogP contribution is 2.34. The van der Waals surface area contributed by atoms with E-state index in [0.29, 0.717) is 12.8 Å². The number of carbonyl (C=O) groups is 1. The van der Waals surface area contributed by atoms with Gasteiger partial charge in [0.05, 0.1) is 16.1 Å². The number of allylic oxidation sites excluding steroid dienone is 1. The van der Waals surface area contributed by atoms with Crippen LogP contribution in [0.4, 0.5) is 13.2 Å². The Labute approximate surface area is 192 Å². The summed E-state index contributed by atoms with van der Waals surface area (Å²) in [5, 5.41) is 2.86. The predicted molar refractivity (Wildman–Crippen MR) is 114 cm³/mol. The lowest BCUT2D eigenvalue weighted by atomic mass is 9.97. The summed E-state index contributed by atoms with van der Waals surface area (Å²) in [5.41, 5.74) is 0. The highest BCUT2D eigenvalue weighted by atomic mass is 127. The highest BCUT2D eigenvalue weighted by Gasteiger charge is 2.36. The fourth-order valence-corrected chi connectivity index (χ4v) is 6.54. The molecule has 31 heavy (non-hydrogen) atoms. The number of benzene rings is 1. The molecule has 1 saturated carbocycles. The fourth-order valence-electron chi connectivity index (χ4n) is 3.22. The third-order valence-corrected chi connectivity index (χ3v) is 8.42. The van der Waals surface area contributed by atoms with Crippen LogP contribution in [0.15, 0.2) is 41.0 Å². The summed E-state index contributed by atoms with van der Waals surface area (Å²) in [6, 6.07) is 4.33. The van der Waals surface area contributed by atoms with Crippen molar-refractivity contribution in [2.24, 2.45) is 5.92 Å². The molecule has 1 N–H and O–H groups in total. The Morgan fingerprint density at radius 3 is 2.39 bits per heavy atom. The molecule has 0 bridgehead atoms. The van der Waals surface area contributed by atoms with E-state index < -0.39 is 26.2 Å². The quantitative estimate of drug-likeness (QED) is 0.177. The van der Waals surface area contributed by atoms with E-state index >= 15 is 0 Å². The van der Waals surface area contributed by atoms with Crippen LogP contribution in [0.3, 0.4) is 0 Å². The first-order chi connectivity index (χ1) is 14.5. The number of methoxy groups -OCH3 is 1. The standard InChI is InChI=1S/C19H22F3IN2O5S/c1-29-16(18(26)24-13-2-3-13)10-12-8-9-25(17(23)11-12)31(27,28)15-6-4-14(5-7-15)30-19(20,21)22/h4-7,10,12-13,17H,2-3,8-9,11H2,1H3,(H,24,26). The summed E-state index contributed by atoms with van der Waals surface area (Å²) in [5.74, 6) is -0.586. The number of ether oxygens (including phenoxy) is 2. The van der Waals surface area contributed by atoms with Gasteiger partial charge >= 0.3 is 6.36 Å². The molecule has 1 aliphatic carbocycles. The average Bonchev–Trinajstić information content (AvgIpc) is 3.49. The van der Waals surface area contributed by atoms with Gasteiger partial charge in [-0.15, -0.1) is 13.2 Å². The molecule has 2 aliphatic rings. The number of hydrogen-bond acceptors (Lipinski definition) is 5. The van der Waals surface area contributed by atoms with Crippen molar-refractivity contribution in [3.63, 3.8) is 0 Å². The van der Waals surface area contributed by atoms with Crippen LogP contribution in [0.1, 0.15) is 25.7 Å². The van der Waals surface area contributed by atoms with Crippen LogP contribution in [0.2, 0.25) is 0 Å². The molecule has 12 heteroatoms. The van der Waals surface area contributed by atoms with Gasteiger partial charge in [-0.25, -0.2) is 8.42 Å². The van der Waals surface area contributed by atoms with Gasteiger partial charge in [-0.3, -0.25) is 4.79 Å². The number of rotatable bonds is 7. The molecule has 2 unspecified atom stereocenters. The Kier molecular flexibility index (Phi) is 7.41. The van der Waals surface area contributed by atoms with Crippen LogP contribution in [0.5, 0.6) is 5.75 Å². The van der Waals surface area contributed by atoms with Gasteiger partial charge in [0.1, 0.15) is 5.75 Å². The van der Waals surface area contributed by atoms with Crippen LogP contribution in [-0.2, 0) is 19.6 Å². The zero-order chi connectivity index (χ0) is 22.8. The fraction of sp³-hybridized carbons (Fsp3) is 0.526. The Balaban J connectivity index is 1.66. The Morgan fingerprint density at radius 1 is 1.23 bits per heavy atom. The Morgan fingerprint density at radius 2 is 1.87 bits per heavy atom. The van der Waals surface area contributed by atoms with Crippen molar-refractivity contribution in [3.8, 4) is 5.75 Å². The summed E-state index contributed by atoms with van der Waals surface area (Å²) in [6.07, 6.45) is -0.247. The largest absolute Gasteiger partial charge is 0.573 e. The Hall–Kier alpha value is -1.54. The summed E-state index contributed by atoms with van der Waals surface area (Å²) < 4.78 is 72.7. The maximum absolute atomic E-state index is 13.0. The van der Waals surface area contributed by atoms with Crippen LogP contribution in [0.25, 0.3) is 0 Å². The van der Waals surface area contributed by atoms with Crippen molar-refractivity contribution in [3.05, 3.63) is 36.1 Å². The van der Waals surface area contributed by atoms with E-state index in [4.69, 9.17) is 4.74 Å². The first-order valence-electron chi connectivity index (χ1n) is 9.58. The smallest absolute Gasteiger partial charge is 0.491 e. The van der Waals surface area contributed by atoms with E-state index in [-0.39, 0.29) is 35.1 Å². The second-order valence-electron chi connectivity index (χ2n) is 7.34. The molecule has 0 radical (unpaired) electrons. The molecule has 1 aromatic carbocycles. The summed E-state index contributed by atoms with van der Waals surface area (Å²) >= 11 is 2.02. The molecule has 0 spiro atoms. The number of nitrogens with one attached hydrogen (secondary N) is 1. The van der Waals surface area contributed by atoms with E-state index in [2.05, 4.69) is 10.1 Å². The molecule has 2 atom stereocenters. The Bertz CT molecular complexity index is 933. The minimum Gasteiger partial charge on any atom is -0.491 e. The van der Waals surface area contributed by atoms with Crippen molar-refractivity contribution in [1.82, 2.24) is 9.62 Å². The zero-order valence-electron chi connectivity index (χ0n) is 16.6. The van der Waals surface area contributed by atoms with E-state index in [1.54, 1.807) is 6.08 Å². The average molecular weight is 574 g/mol. The van der Waals surface area contributed by atoms with Crippen molar-refractivity contribution >= 4 is 38.5 Å². The summed E-state index contributed by atoms with van der Waals surface area (Å²) in [6.45, 7) is 0.207. The van der Waals surface area contributed by atoms with Crippen molar-refractivity contribution < 1.29 is 35.9 Å².